The van der Waals surface area contributed by atoms with Gasteiger partial charge in [-0.15, -0.1) is 5.10 Å². The van der Waals surface area contributed by atoms with Crippen molar-refractivity contribution < 1.29 is 0 Å². The number of likely N-dealkylation sites (N-methyl/N-ethyl adjacent to an activating group) is 1. The van der Waals surface area contributed by atoms with E-state index >= 15 is 0 Å². The standard InChI is InChI=1S/C20H29N7/c1-25(2)12-10-21-19-17-22-24-20(23-19)27-15-13-26(14-16-27)11-6-9-18-7-4-3-5-8-18/h3-9,17H,10-16H2,1-2H3,(H,21,23,24)/b9-6+. The van der Waals surface area contributed by atoms with Crippen molar-refractivity contribution in [2.24, 2.45) is 0 Å². The van der Waals surface area contributed by atoms with Crippen molar-refractivity contribution >= 4 is 17.8 Å². The van der Waals surface area contributed by atoms with Crippen molar-refractivity contribution in [3.63, 3.8) is 0 Å². The van der Waals surface area contributed by atoms with Gasteiger partial charge in [0.05, 0.1) is 6.20 Å². The molecule has 0 spiro atoms. The summed E-state index contributed by atoms with van der Waals surface area (Å²) in [6, 6.07) is 10.4. The molecular weight excluding hydrogens is 338 g/mol. The second-order valence-corrected chi connectivity index (χ2v) is 6.97. The van der Waals surface area contributed by atoms with E-state index in [1.165, 1.54) is 5.56 Å². The van der Waals surface area contributed by atoms with Gasteiger partial charge in [-0.25, -0.2) is 0 Å². The lowest BCUT2D eigenvalue weighted by Crippen LogP contribution is -2.47. The fraction of sp³-hybridized carbons (Fsp3) is 0.450. The van der Waals surface area contributed by atoms with E-state index in [0.29, 0.717) is 5.95 Å². The van der Waals surface area contributed by atoms with Crippen LogP contribution in [-0.4, -0.2) is 84.9 Å². The number of anilines is 2. The first-order valence-corrected chi connectivity index (χ1v) is 9.48. The number of hydrogen-bond donors (Lipinski definition) is 1. The van der Waals surface area contributed by atoms with Crippen LogP contribution in [0.4, 0.5) is 11.8 Å². The second-order valence-electron chi connectivity index (χ2n) is 6.97. The first-order chi connectivity index (χ1) is 13.2. The molecule has 1 aliphatic heterocycles. The minimum atomic E-state index is 0.712. The van der Waals surface area contributed by atoms with E-state index in [9.17, 15) is 0 Å². The zero-order valence-corrected chi connectivity index (χ0v) is 16.3. The molecule has 1 aliphatic rings. The van der Waals surface area contributed by atoms with Crippen molar-refractivity contribution in [3.8, 4) is 0 Å². The molecule has 7 heteroatoms. The average molecular weight is 368 g/mol. The van der Waals surface area contributed by atoms with Crippen molar-refractivity contribution in [3.05, 3.63) is 48.2 Å². The van der Waals surface area contributed by atoms with Gasteiger partial charge in [0.25, 0.3) is 0 Å². The normalized spacial score (nSPS) is 15.6. The van der Waals surface area contributed by atoms with Crippen LogP contribution in [0.2, 0.25) is 0 Å². The van der Waals surface area contributed by atoms with E-state index in [1.807, 2.05) is 6.07 Å². The molecule has 0 amide bonds. The highest BCUT2D eigenvalue weighted by atomic mass is 15.4. The third kappa shape index (κ3) is 6.30. The fourth-order valence-corrected chi connectivity index (χ4v) is 2.95. The van der Waals surface area contributed by atoms with Crippen LogP contribution in [-0.2, 0) is 0 Å². The van der Waals surface area contributed by atoms with Crippen LogP contribution in [0.3, 0.4) is 0 Å². The quantitative estimate of drug-likeness (QED) is 0.762. The zero-order valence-electron chi connectivity index (χ0n) is 16.3. The smallest absolute Gasteiger partial charge is 0.247 e. The number of piperazine rings is 1. The molecule has 2 aromatic rings. The third-order valence-electron chi connectivity index (χ3n) is 4.54. The van der Waals surface area contributed by atoms with Gasteiger partial charge in [-0.2, -0.15) is 10.1 Å². The van der Waals surface area contributed by atoms with Crippen LogP contribution in [0.5, 0.6) is 0 Å². The van der Waals surface area contributed by atoms with E-state index in [2.05, 4.69) is 85.7 Å². The third-order valence-corrected chi connectivity index (χ3v) is 4.54. The van der Waals surface area contributed by atoms with Gasteiger partial charge < -0.3 is 15.1 Å². The van der Waals surface area contributed by atoms with Crippen molar-refractivity contribution in [1.82, 2.24) is 25.0 Å². The summed E-state index contributed by atoms with van der Waals surface area (Å²) in [4.78, 5) is 11.4. The monoisotopic (exact) mass is 367 g/mol. The summed E-state index contributed by atoms with van der Waals surface area (Å²) in [6.45, 7) is 6.60. The molecule has 0 bridgehead atoms. The summed E-state index contributed by atoms with van der Waals surface area (Å²) in [6.07, 6.45) is 6.10. The highest BCUT2D eigenvalue weighted by Gasteiger charge is 2.18. The molecule has 7 nitrogen and oxygen atoms in total. The van der Waals surface area contributed by atoms with Crippen molar-refractivity contribution in [1.29, 1.82) is 0 Å². The Morgan fingerprint density at radius 1 is 1.11 bits per heavy atom. The molecule has 144 valence electrons. The predicted molar refractivity (Wildman–Crippen MR) is 111 cm³/mol. The summed E-state index contributed by atoms with van der Waals surface area (Å²) >= 11 is 0. The highest BCUT2D eigenvalue weighted by Crippen LogP contribution is 2.12. The molecule has 3 rings (SSSR count). The largest absolute Gasteiger partial charge is 0.367 e. The lowest BCUT2D eigenvalue weighted by atomic mass is 10.2. The number of benzene rings is 1. The molecule has 2 heterocycles. The minimum absolute atomic E-state index is 0.712. The van der Waals surface area contributed by atoms with Crippen LogP contribution in [0.15, 0.2) is 42.6 Å². The van der Waals surface area contributed by atoms with Crippen LogP contribution in [0, 0.1) is 0 Å². The Bertz CT molecular complexity index is 709. The zero-order chi connectivity index (χ0) is 18.9. The summed E-state index contributed by atoms with van der Waals surface area (Å²) in [5.74, 6) is 1.50. The van der Waals surface area contributed by atoms with Gasteiger partial charge in [-0.1, -0.05) is 42.5 Å². The van der Waals surface area contributed by atoms with Gasteiger partial charge in [0.15, 0.2) is 5.82 Å². The average Bonchev–Trinajstić information content (AvgIpc) is 2.69. The fourth-order valence-electron chi connectivity index (χ4n) is 2.95. The maximum Gasteiger partial charge on any atom is 0.247 e. The molecule has 1 aromatic heterocycles. The highest BCUT2D eigenvalue weighted by molar-refractivity contribution is 5.48. The molecule has 0 radical (unpaired) electrons. The molecule has 0 atom stereocenters. The van der Waals surface area contributed by atoms with Crippen LogP contribution in [0.1, 0.15) is 5.56 Å². The lowest BCUT2D eigenvalue weighted by molar-refractivity contribution is 0.282. The number of nitrogens with one attached hydrogen (secondary N) is 1. The van der Waals surface area contributed by atoms with Gasteiger partial charge in [0.1, 0.15) is 0 Å². The van der Waals surface area contributed by atoms with E-state index in [4.69, 9.17) is 0 Å². The van der Waals surface area contributed by atoms with Crippen LogP contribution in [0.25, 0.3) is 6.08 Å². The first-order valence-electron chi connectivity index (χ1n) is 9.48. The van der Waals surface area contributed by atoms with E-state index in [-0.39, 0.29) is 0 Å². The Kier molecular flexibility index (Phi) is 7.12. The summed E-state index contributed by atoms with van der Waals surface area (Å²) < 4.78 is 0. The molecule has 0 saturated carbocycles. The van der Waals surface area contributed by atoms with Gasteiger partial charge >= 0.3 is 0 Å². The minimum Gasteiger partial charge on any atom is -0.367 e. The molecule has 1 fully saturated rings. The Labute approximate surface area is 161 Å². The van der Waals surface area contributed by atoms with Crippen LogP contribution >= 0.6 is 0 Å². The lowest BCUT2D eigenvalue weighted by Gasteiger charge is -2.33. The number of hydrogen-bond acceptors (Lipinski definition) is 7. The van der Waals surface area contributed by atoms with Gasteiger partial charge in [0, 0.05) is 45.8 Å². The van der Waals surface area contributed by atoms with Gasteiger partial charge in [-0.05, 0) is 19.7 Å². The molecule has 1 saturated heterocycles. The molecule has 1 N–H and O–H groups in total. The van der Waals surface area contributed by atoms with Gasteiger partial charge in [-0.3, -0.25) is 4.90 Å². The van der Waals surface area contributed by atoms with Crippen LogP contribution < -0.4 is 10.2 Å². The Morgan fingerprint density at radius 3 is 2.63 bits per heavy atom. The number of rotatable bonds is 8. The van der Waals surface area contributed by atoms with Crippen molar-refractivity contribution in [2.45, 2.75) is 0 Å². The maximum absolute atomic E-state index is 4.61. The predicted octanol–water partition coefficient (Wildman–Crippen LogP) is 1.68. The first kappa shape index (κ1) is 19.3. The summed E-state index contributed by atoms with van der Waals surface area (Å²) in [5.41, 5.74) is 1.24. The maximum atomic E-state index is 4.61. The summed E-state index contributed by atoms with van der Waals surface area (Å²) in [5, 5.41) is 11.6. The van der Waals surface area contributed by atoms with Crippen molar-refractivity contribution in [2.75, 3.05) is 70.1 Å². The number of nitrogens with zero attached hydrogens (tertiary/aromatic N) is 6. The molecule has 0 unspecified atom stereocenters. The van der Waals surface area contributed by atoms with E-state index < -0.39 is 0 Å². The van der Waals surface area contributed by atoms with Gasteiger partial charge in [0.2, 0.25) is 5.95 Å². The second kappa shape index (κ2) is 9.99. The molecule has 1 aromatic carbocycles. The molecule has 0 aliphatic carbocycles. The van der Waals surface area contributed by atoms with E-state index in [1.54, 1.807) is 6.20 Å². The Morgan fingerprint density at radius 2 is 1.89 bits per heavy atom. The molecular formula is C20H29N7. The SMILES string of the molecule is CN(C)CCNc1cnnc(N2CCN(C/C=C/c3ccccc3)CC2)n1. The summed E-state index contributed by atoms with van der Waals surface area (Å²) in [7, 11) is 4.11. The topological polar surface area (TPSA) is 60.4 Å². The van der Waals surface area contributed by atoms with E-state index in [0.717, 1.165) is 51.6 Å². The Balaban J connectivity index is 1.45. The molecule has 27 heavy (non-hydrogen) atoms. The number of aromatic nitrogens is 3. The Hall–Kier alpha value is -2.51.